The van der Waals surface area contributed by atoms with Crippen LogP contribution in [0.15, 0.2) is 54.7 Å². The SMILES string of the molecule is COc1cc(N2C(=S)N[C@@H](c3ccccn3)[C@H]2c2ccc(C)n2C)ccc1NC(=O)C(C)(C)C. The van der Waals surface area contributed by atoms with Crippen LogP contribution in [-0.4, -0.2) is 27.7 Å². The molecule has 34 heavy (non-hydrogen) atoms. The summed E-state index contributed by atoms with van der Waals surface area (Å²) in [5.74, 6) is 0.491. The lowest BCUT2D eigenvalue weighted by Gasteiger charge is -2.29. The summed E-state index contributed by atoms with van der Waals surface area (Å²) >= 11 is 5.83. The number of thiocarbonyl (C=S) groups is 1. The molecule has 1 aromatic carbocycles. The molecule has 8 heteroatoms. The standard InChI is InChI=1S/C26H31N5O2S/c1-16-10-13-20(30(16)5)23-22(19-9-7-8-14-27-19)29-25(34)31(23)17-11-12-18(21(15-17)33-6)28-24(32)26(2,3)4/h7-15,22-23H,1-6H3,(H,28,32)(H,29,34)/t22-,23+/m0/s1. The van der Waals surface area contributed by atoms with Crippen molar-refractivity contribution in [3.63, 3.8) is 0 Å². The summed E-state index contributed by atoms with van der Waals surface area (Å²) < 4.78 is 7.83. The number of nitrogens with one attached hydrogen (secondary N) is 2. The molecule has 4 rings (SSSR count). The second-order valence-corrected chi connectivity index (χ2v) is 9.93. The number of nitrogens with zero attached hydrogens (tertiary/aromatic N) is 3. The maximum absolute atomic E-state index is 12.6. The highest BCUT2D eigenvalue weighted by Crippen LogP contribution is 2.43. The second-order valence-electron chi connectivity index (χ2n) is 9.54. The number of ether oxygens (including phenoxy) is 1. The topological polar surface area (TPSA) is 71.4 Å². The Labute approximate surface area is 206 Å². The van der Waals surface area contributed by atoms with Crippen LogP contribution in [0.5, 0.6) is 5.75 Å². The monoisotopic (exact) mass is 477 g/mol. The first-order valence-electron chi connectivity index (χ1n) is 11.2. The van der Waals surface area contributed by atoms with Crippen LogP contribution in [0.1, 0.15) is 49.9 Å². The van der Waals surface area contributed by atoms with Gasteiger partial charge in [-0.2, -0.15) is 0 Å². The highest BCUT2D eigenvalue weighted by Gasteiger charge is 2.42. The third-order valence-corrected chi connectivity index (χ3v) is 6.52. The Morgan fingerprint density at radius 1 is 1.18 bits per heavy atom. The fraction of sp³-hybridized carbons (Fsp3) is 0.346. The van der Waals surface area contributed by atoms with E-state index in [1.165, 1.54) is 0 Å². The number of hydrogen-bond donors (Lipinski definition) is 2. The number of hydrogen-bond acceptors (Lipinski definition) is 4. The molecular weight excluding hydrogens is 446 g/mol. The van der Waals surface area contributed by atoms with Crippen LogP contribution >= 0.6 is 12.2 Å². The maximum atomic E-state index is 12.6. The van der Waals surface area contributed by atoms with E-state index in [2.05, 4.69) is 51.2 Å². The van der Waals surface area contributed by atoms with Crippen LogP contribution < -0.4 is 20.3 Å². The molecule has 0 saturated carbocycles. The number of amides is 1. The number of benzene rings is 1. The average Bonchev–Trinajstić information content (AvgIpc) is 3.32. The largest absolute Gasteiger partial charge is 0.494 e. The summed E-state index contributed by atoms with van der Waals surface area (Å²) in [6.07, 6.45) is 1.80. The number of aromatic nitrogens is 2. The van der Waals surface area contributed by atoms with Gasteiger partial charge < -0.3 is 24.8 Å². The first kappa shape index (κ1) is 23.8. The molecule has 1 fully saturated rings. The zero-order valence-corrected chi connectivity index (χ0v) is 21.2. The molecule has 0 spiro atoms. The van der Waals surface area contributed by atoms with Gasteiger partial charge in [-0.3, -0.25) is 9.78 Å². The molecule has 7 nitrogen and oxygen atoms in total. The quantitative estimate of drug-likeness (QED) is 0.510. The Morgan fingerprint density at radius 3 is 2.53 bits per heavy atom. The van der Waals surface area contributed by atoms with Crippen LogP contribution in [0.4, 0.5) is 11.4 Å². The van der Waals surface area contributed by atoms with E-state index in [0.29, 0.717) is 16.5 Å². The summed E-state index contributed by atoms with van der Waals surface area (Å²) in [7, 11) is 3.66. The number of anilines is 2. The number of carbonyl (C=O) groups is 1. The first-order valence-corrected chi connectivity index (χ1v) is 11.6. The van der Waals surface area contributed by atoms with Gasteiger partial charge in [-0.15, -0.1) is 0 Å². The smallest absolute Gasteiger partial charge is 0.229 e. The van der Waals surface area contributed by atoms with Gasteiger partial charge in [-0.05, 0) is 55.5 Å². The van der Waals surface area contributed by atoms with Crippen molar-refractivity contribution >= 4 is 34.6 Å². The normalized spacial score (nSPS) is 18.1. The molecule has 0 bridgehead atoms. The van der Waals surface area contributed by atoms with Crippen molar-refractivity contribution in [3.05, 3.63) is 71.8 Å². The van der Waals surface area contributed by atoms with Crippen molar-refractivity contribution in [2.24, 2.45) is 12.5 Å². The third kappa shape index (κ3) is 4.37. The lowest BCUT2D eigenvalue weighted by molar-refractivity contribution is -0.123. The average molecular weight is 478 g/mol. The zero-order valence-electron chi connectivity index (χ0n) is 20.4. The Bertz CT molecular complexity index is 1220. The van der Waals surface area contributed by atoms with Gasteiger partial charge in [0.1, 0.15) is 11.8 Å². The van der Waals surface area contributed by atoms with Crippen LogP contribution in [0, 0.1) is 12.3 Å². The molecule has 2 N–H and O–H groups in total. The molecule has 1 aliphatic heterocycles. The molecule has 3 heterocycles. The first-order chi connectivity index (χ1) is 16.1. The van der Waals surface area contributed by atoms with E-state index in [1.54, 1.807) is 13.3 Å². The fourth-order valence-electron chi connectivity index (χ4n) is 4.11. The number of pyridine rings is 1. The van der Waals surface area contributed by atoms with Crippen molar-refractivity contribution in [2.75, 3.05) is 17.3 Å². The van der Waals surface area contributed by atoms with Crippen LogP contribution in [-0.2, 0) is 11.8 Å². The minimum absolute atomic E-state index is 0.0794. The summed E-state index contributed by atoms with van der Waals surface area (Å²) in [5.41, 5.74) is 4.16. The number of methoxy groups -OCH3 is 1. The molecule has 0 aliphatic carbocycles. The Hall–Kier alpha value is -3.39. The van der Waals surface area contributed by atoms with E-state index in [9.17, 15) is 4.79 Å². The Kier molecular flexibility index (Phi) is 6.36. The molecular formula is C26H31N5O2S. The zero-order chi connectivity index (χ0) is 24.6. The molecule has 2 aromatic heterocycles. The van der Waals surface area contributed by atoms with Crippen molar-refractivity contribution in [1.29, 1.82) is 0 Å². The highest BCUT2D eigenvalue weighted by atomic mass is 32.1. The van der Waals surface area contributed by atoms with Gasteiger partial charge in [0.2, 0.25) is 5.91 Å². The van der Waals surface area contributed by atoms with Crippen LogP contribution in [0.2, 0.25) is 0 Å². The highest BCUT2D eigenvalue weighted by molar-refractivity contribution is 7.80. The van der Waals surface area contributed by atoms with Gasteiger partial charge in [0.05, 0.1) is 24.5 Å². The predicted molar refractivity (Wildman–Crippen MR) is 139 cm³/mol. The van der Waals surface area contributed by atoms with E-state index in [1.807, 2.05) is 57.2 Å². The van der Waals surface area contributed by atoms with Crippen molar-refractivity contribution in [1.82, 2.24) is 14.9 Å². The number of aryl methyl sites for hydroxylation is 1. The van der Waals surface area contributed by atoms with Crippen LogP contribution in [0.3, 0.4) is 0 Å². The van der Waals surface area contributed by atoms with Gasteiger partial charge in [0.25, 0.3) is 0 Å². The molecule has 1 saturated heterocycles. The molecule has 1 aliphatic rings. The lowest BCUT2D eigenvalue weighted by atomic mass is 9.95. The van der Waals surface area contributed by atoms with Crippen molar-refractivity contribution < 1.29 is 9.53 Å². The van der Waals surface area contributed by atoms with E-state index < -0.39 is 5.41 Å². The van der Waals surface area contributed by atoms with E-state index in [-0.39, 0.29) is 18.0 Å². The van der Waals surface area contributed by atoms with Crippen molar-refractivity contribution in [3.8, 4) is 5.75 Å². The number of carbonyl (C=O) groups excluding carboxylic acids is 1. The van der Waals surface area contributed by atoms with E-state index in [0.717, 1.165) is 22.8 Å². The molecule has 0 radical (unpaired) electrons. The minimum atomic E-state index is -0.518. The summed E-state index contributed by atoms with van der Waals surface area (Å²) in [6.45, 7) is 7.71. The molecule has 0 unspecified atom stereocenters. The minimum Gasteiger partial charge on any atom is -0.494 e. The van der Waals surface area contributed by atoms with Crippen molar-refractivity contribution in [2.45, 2.75) is 39.8 Å². The van der Waals surface area contributed by atoms with E-state index >= 15 is 0 Å². The predicted octanol–water partition coefficient (Wildman–Crippen LogP) is 4.90. The van der Waals surface area contributed by atoms with Gasteiger partial charge >= 0.3 is 0 Å². The second kappa shape index (κ2) is 9.10. The summed E-state index contributed by atoms with van der Waals surface area (Å²) in [5, 5.41) is 7.06. The molecule has 3 aromatic rings. The maximum Gasteiger partial charge on any atom is 0.229 e. The fourth-order valence-corrected chi connectivity index (χ4v) is 4.45. The molecule has 178 valence electrons. The Balaban J connectivity index is 1.78. The number of rotatable bonds is 5. The summed E-state index contributed by atoms with van der Waals surface area (Å²) in [6, 6.07) is 15.6. The Morgan fingerprint density at radius 2 is 1.94 bits per heavy atom. The van der Waals surface area contributed by atoms with Crippen LogP contribution in [0.25, 0.3) is 0 Å². The molecule has 1 amide bonds. The van der Waals surface area contributed by atoms with E-state index in [4.69, 9.17) is 17.0 Å². The van der Waals surface area contributed by atoms with Gasteiger partial charge in [-0.1, -0.05) is 26.8 Å². The van der Waals surface area contributed by atoms with Gasteiger partial charge in [0, 0.05) is 41.8 Å². The summed E-state index contributed by atoms with van der Waals surface area (Å²) in [4.78, 5) is 19.3. The molecule has 2 atom stereocenters. The third-order valence-electron chi connectivity index (χ3n) is 6.21. The van der Waals surface area contributed by atoms with Gasteiger partial charge in [0.15, 0.2) is 5.11 Å². The van der Waals surface area contributed by atoms with Gasteiger partial charge in [-0.25, -0.2) is 0 Å². The lowest BCUT2D eigenvalue weighted by Crippen LogP contribution is -2.30.